The van der Waals surface area contributed by atoms with E-state index < -0.39 is 15.8 Å². The Bertz CT molecular complexity index is 545. The number of benzene rings is 1. The van der Waals surface area contributed by atoms with Crippen molar-refractivity contribution >= 4 is 26.0 Å². The molecule has 1 aromatic rings. The fourth-order valence-corrected chi connectivity index (χ4v) is 4.14. The van der Waals surface area contributed by atoms with Gasteiger partial charge in [-0.2, -0.15) is 0 Å². The molecule has 2 rings (SSSR count). The second-order valence-electron chi connectivity index (χ2n) is 4.62. The van der Waals surface area contributed by atoms with Gasteiger partial charge in [0.25, 0.3) is 0 Å². The molecule has 106 valence electrons. The lowest BCUT2D eigenvalue weighted by Crippen LogP contribution is -2.27. The lowest BCUT2D eigenvalue weighted by Gasteiger charge is -2.11. The van der Waals surface area contributed by atoms with Crippen LogP contribution in [0.5, 0.6) is 0 Å². The van der Waals surface area contributed by atoms with Crippen LogP contribution in [0.25, 0.3) is 0 Å². The van der Waals surface area contributed by atoms with Gasteiger partial charge in [-0.05, 0) is 66.0 Å². The molecule has 2 N–H and O–H groups in total. The Morgan fingerprint density at radius 3 is 2.95 bits per heavy atom. The molecule has 0 aliphatic carbocycles. The average Bonchev–Trinajstić information content (AvgIpc) is 2.85. The minimum Gasteiger partial charge on any atom is -0.316 e. The number of hydrogen-bond acceptors (Lipinski definition) is 3. The van der Waals surface area contributed by atoms with E-state index in [9.17, 15) is 12.8 Å². The number of sulfonamides is 1. The summed E-state index contributed by atoms with van der Waals surface area (Å²) in [4.78, 5) is -0.0583. The molecular weight excluding hydrogens is 335 g/mol. The summed E-state index contributed by atoms with van der Waals surface area (Å²) in [6.07, 6.45) is 1.87. The van der Waals surface area contributed by atoms with Crippen LogP contribution in [0, 0.1) is 11.7 Å². The zero-order valence-electron chi connectivity index (χ0n) is 10.3. The largest absolute Gasteiger partial charge is 0.316 e. The highest BCUT2D eigenvalue weighted by atomic mass is 79.9. The quantitative estimate of drug-likeness (QED) is 0.852. The van der Waals surface area contributed by atoms with Crippen LogP contribution in [0.15, 0.2) is 27.6 Å². The zero-order chi connectivity index (χ0) is 13.9. The van der Waals surface area contributed by atoms with E-state index in [4.69, 9.17) is 0 Å². The first-order chi connectivity index (χ1) is 8.99. The maximum Gasteiger partial charge on any atom is 0.241 e. The topological polar surface area (TPSA) is 58.2 Å². The third-order valence-corrected chi connectivity index (χ3v) is 5.64. The summed E-state index contributed by atoms with van der Waals surface area (Å²) in [6.45, 7) is 2.30. The van der Waals surface area contributed by atoms with E-state index in [0.29, 0.717) is 16.9 Å². The van der Waals surface area contributed by atoms with E-state index in [0.717, 1.165) is 32.0 Å². The Hall–Kier alpha value is -0.500. The lowest BCUT2D eigenvalue weighted by molar-refractivity contribution is 0.518. The first-order valence-electron chi connectivity index (χ1n) is 6.14. The van der Waals surface area contributed by atoms with E-state index >= 15 is 0 Å². The van der Waals surface area contributed by atoms with Crippen molar-refractivity contribution in [3.8, 4) is 0 Å². The van der Waals surface area contributed by atoms with E-state index in [2.05, 4.69) is 26.0 Å². The van der Waals surface area contributed by atoms with Crippen LogP contribution >= 0.6 is 15.9 Å². The summed E-state index contributed by atoms with van der Waals surface area (Å²) in [5.41, 5.74) is 0. The molecule has 1 fully saturated rings. The van der Waals surface area contributed by atoms with Gasteiger partial charge in [0.1, 0.15) is 5.82 Å². The van der Waals surface area contributed by atoms with E-state index in [1.807, 2.05) is 0 Å². The molecule has 1 atom stereocenters. The van der Waals surface area contributed by atoms with Gasteiger partial charge in [0.2, 0.25) is 10.0 Å². The molecule has 1 unspecified atom stereocenters. The van der Waals surface area contributed by atoms with Gasteiger partial charge in [0.05, 0.1) is 4.90 Å². The Kier molecular flexibility index (Phi) is 4.94. The van der Waals surface area contributed by atoms with Gasteiger partial charge in [0, 0.05) is 11.0 Å². The average molecular weight is 351 g/mol. The minimum absolute atomic E-state index is 0.0583. The molecule has 1 saturated heterocycles. The molecule has 1 aliphatic rings. The van der Waals surface area contributed by atoms with Crippen LogP contribution in [0.1, 0.15) is 12.8 Å². The molecule has 0 spiro atoms. The van der Waals surface area contributed by atoms with Gasteiger partial charge in [-0.3, -0.25) is 0 Å². The lowest BCUT2D eigenvalue weighted by atomic mass is 10.1. The van der Waals surface area contributed by atoms with Crippen molar-refractivity contribution in [2.45, 2.75) is 17.7 Å². The molecule has 0 amide bonds. The fourth-order valence-electron chi connectivity index (χ4n) is 2.12. The summed E-state index contributed by atoms with van der Waals surface area (Å²) in [5, 5.41) is 3.23. The maximum absolute atomic E-state index is 13.1. The highest BCUT2D eigenvalue weighted by Crippen LogP contribution is 2.22. The van der Waals surface area contributed by atoms with Gasteiger partial charge in [-0.25, -0.2) is 17.5 Å². The van der Waals surface area contributed by atoms with Crippen LogP contribution in [0.4, 0.5) is 4.39 Å². The van der Waals surface area contributed by atoms with Gasteiger partial charge >= 0.3 is 0 Å². The highest BCUT2D eigenvalue weighted by molar-refractivity contribution is 9.10. The number of nitrogens with one attached hydrogen (secondary N) is 2. The minimum atomic E-state index is -3.66. The monoisotopic (exact) mass is 350 g/mol. The second-order valence-corrected chi connectivity index (χ2v) is 7.21. The fraction of sp³-hybridized carbons (Fsp3) is 0.500. The van der Waals surface area contributed by atoms with Gasteiger partial charge in [0.15, 0.2) is 0 Å². The normalized spacial score (nSPS) is 19.8. The SMILES string of the molecule is O=S(=O)(NCCC1CCNC1)c1cc(F)ccc1Br. The maximum atomic E-state index is 13.1. The standard InChI is InChI=1S/C12H16BrFN2O2S/c13-11-2-1-10(14)7-12(11)19(17,18)16-6-4-9-3-5-15-8-9/h1-2,7,9,15-16H,3-6,8H2. The molecule has 19 heavy (non-hydrogen) atoms. The van der Waals surface area contributed by atoms with Crippen LogP contribution in [0.2, 0.25) is 0 Å². The molecule has 0 aromatic heterocycles. The third kappa shape index (κ3) is 3.98. The van der Waals surface area contributed by atoms with Crippen molar-refractivity contribution in [2.24, 2.45) is 5.92 Å². The van der Waals surface area contributed by atoms with Crippen molar-refractivity contribution in [3.05, 3.63) is 28.5 Å². The number of rotatable bonds is 5. The van der Waals surface area contributed by atoms with Crippen molar-refractivity contribution in [1.82, 2.24) is 10.0 Å². The molecule has 0 saturated carbocycles. The molecule has 1 aromatic carbocycles. The second kappa shape index (κ2) is 6.30. The van der Waals surface area contributed by atoms with Crippen LogP contribution < -0.4 is 10.0 Å². The zero-order valence-corrected chi connectivity index (χ0v) is 12.7. The van der Waals surface area contributed by atoms with E-state index in [-0.39, 0.29) is 4.90 Å². The predicted octanol–water partition coefficient (Wildman–Crippen LogP) is 1.87. The highest BCUT2D eigenvalue weighted by Gasteiger charge is 2.20. The summed E-state index contributed by atoms with van der Waals surface area (Å²) in [5.74, 6) is -0.0535. The summed E-state index contributed by atoms with van der Waals surface area (Å²) in [7, 11) is -3.66. The van der Waals surface area contributed by atoms with E-state index in [1.54, 1.807) is 0 Å². The van der Waals surface area contributed by atoms with Crippen molar-refractivity contribution in [3.63, 3.8) is 0 Å². The van der Waals surface area contributed by atoms with Crippen LogP contribution in [0.3, 0.4) is 0 Å². The molecule has 4 nitrogen and oxygen atoms in total. The predicted molar refractivity (Wildman–Crippen MR) is 74.9 cm³/mol. The molecule has 7 heteroatoms. The number of hydrogen-bond donors (Lipinski definition) is 2. The molecule has 1 aliphatic heterocycles. The Morgan fingerprint density at radius 2 is 2.26 bits per heavy atom. The molecule has 0 bridgehead atoms. The van der Waals surface area contributed by atoms with Crippen LogP contribution in [-0.4, -0.2) is 28.1 Å². The number of halogens is 2. The summed E-state index contributed by atoms with van der Waals surface area (Å²) >= 11 is 3.13. The molecule has 0 radical (unpaired) electrons. The van der Waals surface area contributed by atoms with Crippen LogP contribution in [-0.2, 0) is 10.0 Å². The van der Waals surface area contributed by atoms with Crippen molar-refractivity contribution in [1.29, 1.82) is 0 Å². The van der Waals surface area contributed by atoms with Crippen molar-refractivity contribution in [2.75, 3.05) is 19.6 Å². The van der Waals surface area contributed by atoms with Gasteiger partial charge < -0.3 is 5.32 Å². The first kappa shape index (κ1) is 14.9. The third-order valence-electron chi connectivity index (χ3n) is 3.19. The summed E-state index contributed by atoms with van der Waals surface area (Å²) < 4.78 is 40.1. The smallest absolute Gasteiger partial charge is 0.241 e. The Balaban J connectivity index is 1.99. The molecular formula is C12H16BrFN2O2S. The Labute approximate surface area is 121 Å². The Morgan fingerprint density at radius 1 is 1.47 bits per heavy atom. The van der Waals surface area contributed by atoms with E-state index in [1.165, 1.54) is 12.1 Å². The van der Waals surface area contributed by atoms with Gasteiger partial charge in [-0.1, -0.05) is 0 Å². The molecule has 1 heterocycles. The van der Waals surface area contributed by atoms with Crippen molar-refractivity contribution < 1.29 is 12.8 Å². The summed E-state index contributed by atoms with van der Waals surface area (Å²) in [6, 6.07) is 3.63. The first-order valence-corrected chi connectivity index (χ1v) is 8.42. The van der Waals surface area contributed by atoms with Gasteiger partial charge in [-0.15, -0.1) is 0 Å².